The van der Waals surface area contributed by atoms with E-state index < -0.39 is 0 Å². The van der Waals surface area contributed by atoms with Crippen molar-refractivity contribution in [2.24, 2.45) is 5.10 Å². The molecule has 2 aromatic carbocycles. The van der Waals surface area contributed by atoms with Crippen LogP contribution in [0, 0.1) is 6.92 Å². The van der Waals surface area contributed by atoms with Crippen LogP contribution in [0.25, 0.3) is 0 Å². The van der Waals surface area contributed by atoms with Gasteiger partial charge in [-0.1, -0.05) is 59.1 Å². The third-order valence-electron chi connectivity index (χ3n) is 4.09. The van der Waals surface area contributed by atoms with E-state index in [2.05, 4.69) is 20.9 Å². The highest BCUT2D eigenvalue weighted by Crippen LogP contribution is 2.27. The molecule has 1 aromatic heterocycles. The minimum atomic E-state index is -0.283. The second-order valence-corrected chi connectivity index (χ2v) is 7.33. The molecule has 0 saturated heterocycles. The molecular formula is C20H18Cl3N5O. The molecule has 0 fully saturated rings. The maximum Gasteiger partial charge on any atom is 0.259 e. The average molecular weight is 451 g/mol. The van der Waals surface area contributed by atoms with Crippen molar-refractivity contribution in [3.05, 3.63) is 80.6 Å². The highest BCUT2D eigenvalue weighted by atomic mass is 35.5. The van der Waals surface area contributed by atoms with Crippen molar-refractivity contribution >= 4 is 52.6 Å². The number of amides is 1. The summed E-state index contributed by atoms with van der Waals surface area (Å²) in [5.41, 5.74) is 5.31. The fourth-order valence-electron chi connectivity index (χ4n) is 2.60. The van der Waals surface area contributed by atoms with Crippen LogP contribution in [0.3, 0.4) is 0 Å². The molecule has 0 spiro atoms. The van der Waals surface area contributed by atoms with Crippen molar-refractivity contribution in [2.45, 2.75) is 13.5 Å². The lowest BCUT2D eigenvalue weighted by atomic mass is 10.2. The number of hydrazone groups is 1. The molecular weight excluding hydrogens is 433 g/mol. The molecule has 0 aliphatic carbocycles. The Morgan fingerprint density at radius 3 is 2.48 bits per heavy atom. The van der Waals surface area contributed by atoms with Gasteiger partial charge in [0, 0.05) is 21.3 Å². The predicted octanol–water partition coefficient (Wildman–Crippen LogP) is 4.76. The number of hydrogen-bond acceptors (Lipinski definition) is 4. The number of hydrogen-bond donors (Lipinski definition) is 2. The zero-order valence-electron chi connectivity index (χ0n) is 15.5. The van der Waals surface area contributed by atoms with Gasteiger partial charge in [-0.15, -0.1) is 0 Å². The Bertz CT molecular complexity index is 1010. The van der Waals surface area contributed by atoms with Gasteiger partial charge in [-0.25, -0.2) is 10.1 Å². The minimum absolute atomic E-state index is 0.0956. The van der Waals surface area contributed by atoms with Gasteiger partial charge >= 0.3 is 0 Å². The van der Waals surface area contributed by atoms with E-state index in [4.69, 9.17) is 34.8 Å². The van der Waals surface area contributed by atoms with Gasteiger partial charge in [0.15, 0.2) is 0 Å². The SMILES string of the molecule is Cc1nn(Cc2c(Cl)cccc2Cl)c(Cl)c1/C=N/NC(=O)CNc1ccccc1. The molecule has 6 nitrogen and oxygen atoms in total. The first kappa shape index (κ1) is 21.2. The molecule has 1 heterocycles. The van der Waals surface area contributed by atoms with Crippen LogP contribution in [0.5, 0.6) is 0 Å². The van der Waals surface area contributed by atoms with Gasteiger partial charge in [0.1, 0.15) is 5.15 Å². The molecule has 29 heavy (non-hydrogen) atoms. The quantitative estimate of drug-likeness (QED) is 0.402. The molecule has 0 aliphatic heterocycles. The van der Waals surface area contributed by atoms with Gasteiger partial charge in [0.2, 0.25) is 0 Å². The topological polar surface area (TPSA) is 71.3 Å². The zero-order chi connectivity index (χ0) is 20.8. The third-order valence-corrected chi connectivity index (χ3v) is 5.20. The second-order valence-electron chi connectivity index (χ2n) is 6.16. The number of carbonyl (C=O) groups is 1. The van der Waals surface area contributed by atoms with Crippen molar-refractivity contribution in [3.8, 4) is 0 Å². The van der Waals surface area contributed by atoms with Crippen LogP contribution in [0.15, 0.2) is 53.6 Å². The van der Waals surface area contributed by atoms with Crippen molar-refractivity contribution in [3.63, 3.8) is 0 Å². The molecule has 2 N–H and O–H groups in total. The summed E-state index contributed by atoms with van der Waals surface area (Å²) < 4.78 is 1.59. The summed E-state index contributed by atoms with van der Waals surface area (Å²) in [6.45, 7) is 2.22. The lowest BCUT2D eigenvalue weighted by Gasteiger charge is -2.08. The first-order chi connectivity index (χ1) is 14.0. The summed E-state index contributed by atoms with van der Waals surface area (Å²) in [6.07, 6.45) is 1.47. The number of aromatic nitrogens is 2. The third kappa shape index (κ3) is 5.50. The molecule has 0 atom stereocenters. The highest BCUT2D eigenvalue weighted by Gasteiger charge is 2.15. The van der Waals surface area contributed by atoms with Crippen LogP contribution >= 0.6 is 34.8 Å². The molecule has 0 unspecified atom stereocenters. The van der Waals surface area contributed by atoms with Crippen LogP contribution in [0.2, 0.25) is 15.2 Å². The van der Waals surface area contributed by atoms with E-state index in [-0.39, 0.29) is 12.5 Å². The average Bonchev–Trinajstić information content (AvgIpc) is 2.97. The van der Waals surface area contributed by atoms with Crippen molar-refractivity contribution in [1.29, 1.82) is 0 Å². The number of aryl methyl sites for hydroxylation is 1. The lowest BCUT2D eigenvalue weighted by molar-refractivity contribution is -0.119. The summed E-state index contributed by atoms with van der Waals surface area (Å²) in [5.74, 6) is -0.283. The monoisotopic (exact) mass is 449 g/mol. The van der Waals surface area contributed by atoms with Crippen molar-refractivity contribution in [1.82, 2.24) is 15.2 Å². The van der Waals surface area contributed by atoms with Crippen LogP contribution in [0.1, 0.15) is 16.8 Å². The Morgan fingerprint density at radius 2 is 1.79 bits per heavy atom. The molecule has 0 bridgehead atoms. The standard InChI is InChI=1S/C20H18Cl3N5O/c1-13-15(10-25-26-19(29)11-24-14-6-3-2-4-7-14)20(23)28(27-13)12-16-17(21)8-5-9-18(16)22/h2-10,24H,11-12H2,1H3,(H,26,29)/b25-10+. The van der Waals surface area contributed by atoms with Gasteiger partial charge in [-0.05, 0) is 31.2 Å². The fourth-order valence-corrected chi connectivity index (χ4v) is 3.40. The fraction of sp³-hybridized carbons (Fsp3) is 0.150. The first-order valence-corrected chi connectivity index (χ1v) is 9.85. The Labute approximate surface area is 183 Å². The maximum atomic E-state index is 11.9. The predicted molar refractivity (Wildman–Crippen MR) is 118 cm³/mol. The Hall–Kier alpha value is -2.54. The van der Waals surface area contributed by atoms with Crippen LogP contribution < -0.4 is 10.7 Å². The van der Waals surface area contributed by atoms with E-state index in [0.29, 0.717) is 33.0 Å². The number of nitrogens with zero attached hydrogens (tertiary/aromatic N) is 3. The van der Waals surface area contributed by atoms with E-state index in [0.717, 1.165) is 11.3 Å². The smallest absolute Gasteiger partial charge is 0.259 e. The van der Waals surface area contributed by atoms with E-state index in [9.17, 15) is 4.79 Å². The van der Waals surface area contributed by atoms with E-state index in [1.165, 1.54) is 6.21 Å². The summed E-state index contributed by atoms with van der Waals surface area (Å²) in [7, 11) is 0. The van der Waals surface area contributed by atoms with Gasteiger partial charge in [0.25, 0.3) is 5.91 Å². The molecule has 150 valence electrons. The van der Waals surface area contributed by atoms with Crippen LogP contribution in [-0.2, 0) is 11.3 Å². The van der Waals surface area contributed by atoms with Gasteiger partial charge in [-0.2, -0.15) is 10.2 Å². The van der Waals surface area contributed by atoms with Crippen LogP contribution in [0.4, 0.5) is 5.69 Å². The number of nitrogens with one attached hydrogen (secondary N) is 2. The summed E-state index contributed by atoms with van der Waals surface area (Å²) in [5, 5.41) is 12.8. The van der Waals surface area contributed by atoms with Gasteiger partial charge in [0.05, 0.1) is 30.6 Å². The summed E-state index contributed by atoms with van der Waals surface area (Å²) >= 11 is 18.9. The Morgan fingerprint density at radius 1 is 1.10 bits per heavy atom. The number of para-hydroxylation sites is 1. The number of benzene rings is 2. The van der Waals surface area contributed by atoms with Gasteiger partial charge in [-0.3, -0.25) is 4.79 Å². The normalized spacial score (nSPS) is 11.0. The van der Waals surface area contributed by atoms with E-state index >= 15 is 0 Å². The van der Waals surface area contributed by atoms with E-state index in [1.807, 2.05) is 30.3 Å². The van der Waals surface area contributed by atoms with Gasteiger partial charge < -0.3 is 5.32 Å². The largest absolute Gasteiger partial charge is 0.376 e. The second kappa shape index (κ2) is 9.78. The van der Waals surface area contributed by atoms with E-state index in [1.54, 1.807) is 29.8 Å². The lowest BCUT2D eigenvalue weighted by Crippen LogP contribution is -2.25. The number of carbonyl (C=O) groups excluding carboxylic acids is 1. The molecule has 0 radical (unpaired) electrons. The molecule has 9 heteroatoms. The van der Waals surface area contributed by atoms with Crippen LogP contribution in [-0.4, -0.2) is 28.4 Å². The Kier molecular flexibility index (Phi) is 7.14. The number of anilines is 1. The van der Waals surface area contributed by atoms with Crippen molar-refractivity contribution in [2.75, 3.05) is 11.9 Å². The Balaban J connectivity index is 1.63. The first-order valence-electron chi connectivity index (χ1n) is 8.72. The molecule has 0 saturated carbocycles. The molecule has 1 amide bonds. The minimum Gasteiger partial charge on any atom is -0.376 e. The molecule has 3 rings (SSSR count). The molecule has 0 aliphatic rings. The van der Waals surface area contributed by atoms with Crippen molar-refractivity contribution < 1.29 is 4.79 Å². The zero-order valence-corrected chi connectivity index (χ0v) is 17.8. The maximum absolute atomic E-state index is 11.9. The summed E-state index contributed by atoms with van der Waals surface area (Å²) in [4.78, 5) is 11.9. The molecule has 3 aromatic rings. The highest BCUT2D eigenvalue weighted by molar-refractivity contribution is 6.36. The summed E-state index contributed by atoms with van der Waals surface area (Å²) in [6, 6.07) is 14.7. The number of halogens is 3. The number of rotatable bonds is 7.